The molecule has 84 valence electrons. The van der Waals surface area contributed by atoms with E-state index < -0.39 is 0 Å². The molecule has 0 aliphatic carbocycles. The Kier molecular flexibility index (Phi) is 2.60. The van der Waals surface area contributed by atoms with Crippen LogP contribution in [0.5, 0.6) is 0 Å². The molecule has 0 saturated heterocycles. The fourth-order valence-corrected chi connectivity index (χ4v) is 1.46. The largest absolute Gasteiger partial charge is 0.347 e. The van der Waals surface area contributed by atoms with Crippen LogP contribution in [-0.2, 0) is 0 Å². The number of nitrogens with zero attached hydrogens (tertiary/aromatic N) is 4. The first-order valence-corrected chi connectivity index (χ1v) is 5.12. The van der Waals surface area contributed by atoms with Gasteiger partial charge in [0, 0.05) is 26.0 Å². The molecule has 0 aliphatic rings. The van der Waals surface area contributed by atoms with E-state index in [9.17, 15) is 0 Å². The first-order valence-electron chi connectivity index (χ1n) is 5.12. The molecule has 0 bridgehead atoms. The number of hydrogen-bond acceptors (Lipinski definition) is 4. The van der Waals surface area contributed by atoms with Crippen LogP contribution in [-0.4, -0.2) is 34.3 Å². The summed E-state index contributed by atoms with van der Waals surface area (Å²) >= 11 is 0. The molecule has 16 heavy (non-hydrogen) atoms. The highest BCUT2D eigenvalue weighted by molar-refractivity contribution is 5.60. The number of aryl methyl sites for hydroxylation is 1. The maximum atomic E-state index is 4.52. The third-order valence-electron chi connectivity index (χ3n) is 2.53. The third-order valence-corrected chi connectivity index (χ3v) is 2.53. The van der Waals surface area contributed by atoms with Crippen molar-refractivity contribution in [1.82, 2.24) is 20.2 Å². The smallest absolute Gasteiger partial charge is 0.225 e. The van der Waals surface area contributed by atoms with Crippen molar-refractivity contribution >= 4 is 5.95 Å². The second-order valence-corrected chi connectivity index (χ2v) is 3.95. The van der Waals surface area contributed by atoms with Crippen molar-refractivity contribution in [3.05, 3.63) is 23.5 Å². The summed E-state index contributed by atoms with van der Waals surface area (Å²) in [6, 6.07) is 1.91. The molecule has 0 amide bonds. The summed E-state index contributed by atoms with van der Waals surface area (Å²) in [5, 5.41) is 6.87. The average Bonchev–Trinajstić information content (AvgIpc) is 2.74. The molecule has 2 rings (SSSR count). The summed E-state index contributed by atoms with van der Waals surface area (Å²) in [4.78, 5) is 10.8. The van der Waals surface area contributed by atoms with Gasteiger partial charge >= 0.3 is 0 Å². The minimum atomic E-state index is 0.715. The number of hydrogen-bond donors (Lipinski definition) is 1. The molecular weight excluding hydrogens is 202 g/mol. The fraction of sp³-hybridized carbons (Fsp3) is 0.364. The number of aromatic nitrogens is 4. The van der Waals surface area contributed by atoms with Gasteiger partial charge < -0.3 is 4.90 Å². The van der Waals surface area contributed by atoms with Gasteiger partial charge in [0.15, 0.2) is 0 Å². The van der Waals surface area contributed by atoms with Crippen molar-refractivity contribution in [3.63, 3.8) is 0 Å². The Bertz CT molecular complexity index is 487. The van der Waals surface area contributed by atoms with Gasteiger partial charge in [0.05, 0.1) is 11.4 Å². The lowest BCUT2D eigenvalue weighted by Crippen LogP contribution is -2.14. The zero-order valence-electron chi connectivity index (χ0n) is 9.94. The number of nitrogens with one attached hydrogen (secondary N) is 1. The maximum absolute atomic E-state index is 4.52. The van der Waals surface area contributed by atoms with Crippen LogP contribution in [0.3, 0.4) is 0 Å². The van der Waals surface area contributed by atoms with E-state index in [-0.39, 0.29) is 0 Å². The van der Waals surface area contributed by atoms with E-state index >= 15 is 0 Å². The van der Waals surface area contributed by atoms with E-state index in [0.29, 0.717) is 5.95 Å². The van der Waals surface area contributed by atoms with Gasteiger partial charge in [-0.15, -0.1) is 0 Å². The van der Waals surface area contributed by atoms with E-state index in [1.54, 1.807) is 6.20 Å². The first-order chi connectivity index (χ1) is 7.59. The molecule has 2 heterocycles. The van der Waals surface area contributed by atoms with E-state index in [4.69, 9.17) is 0 Å². The Hall–Kier alpha value is -1.91. The SMILES string of the molecule is Cc1nc(N(C)C)nc(-c2ccn[nH]2)c1C. The second kappa shape index (κ2) is 3.92. The van der Waals surface area contributed by atoms with Crippen molar-refractivity contribution in [1.29, 1.82) is 0 Å². The van der Waals surface area contributed by atoms with E-state index in [2.05, 4.69) is 20.2 Å². The van der Waals surface area contributed by atoms with E-state index in [1.807, 2.05) is 38.9 Å². The van der Waals surface area contributed by atoms with Crippen LogP contribution < -0.4 is 4.90 Å². The van der Waals surface area contributed by atoms with Gasteiger partial charge in [-0.2, -0.15) is 5.10 Å². The zero-order valence-corrected chi connectivity index (χ0v) is 9.94. The van der Waals surface area contributed by atoms with Crippen molar-refractivity contribution in [2.45, 2.75) is 13.8 Å². The highest BCUT2D eigenvalue weighted by Gasteiger charge is 2.11. The van der Waals surface area contributed by atoms with Crippen molar-refractivity contribution in [3.8, 4) is 11.4 Å². The zero-order chi connectivity index (χ0) is 11.7. The predicted octanol–water partition coefficient (Wildman–Crippen LogP) is 1.55. The Balaban J connectivity index is 2.60. The lowest BCUT2D eigenvalue weighted by molar-refractivity contribution is 0.960. The van der Waals surface area contributed by atoms with E-state index in [1.165, 1.54) is 0 Å². The van der Waals surface area contributed by atoms with Gasteiger partial charge in [0.2, 0.25) is 5.95 Å². The van der Waals surface area contributed by atoms with Crippen LogP contribution in [0.1, 0.15) is 11.3 Å². The number of anilines is 1. The molecule has 2 aromatic heterocycles. The van der Waals surface area contributed by atoms with Crippen molar-refractivity contribution in [2.75, 3.05) is 19.0 Å². The Morgan fingerprint density at radius 3 is 2.50 bits per heavy atom. The van der Waals surface area contributed by atoms with Gasteiger partial charge in [-0.05, 0) is 25.5 Å². The molecule has 5 heteroatoms. The Morgan fingerprint density at radius 2 is 1.94 bits per heavy atom. The van der Waals surface area contributed by atoms with Crippen molar-refractivity contribution < 1.29 is 0 Å². The average molecular weight is 217 g/mol. The van der Waals surface area contributed by atoms with Gasteiger partial charge in [-0.25, -0.2) is 9.97 Å². The summed E-state index contributed by atoms with van der Waals surface area (Å²) in [5.74, 6) is 0.715. The standard InChI is InChI=1S/C11H15N5/c1-7-8(2)13-11(16(3)4)14-10(7)9-5-6-12-15-9/h5-6H,1-4H3,(H,12,15). The van der Waals surface area contributed by atoms with Crippen molar-refractivity contribution in [2.24, 2.45) is 0 Å². The molecule has 0 atom stereocenters. The molecule has 2 aromatic rings. The van der Waals surface area contributed by atoms with Crippen LogP contribution in [0.2, 0.25) is 0 Å². The summed E-state index contributed by atoms with van der Waals surface area (Å²) in [5.41, 5.74) is 3.90. The highest BCUT2D eigenvalue weighted by Crippen LogP contribution is 2.22. The van der Waals surface area contributed by atoms with Gasteiger partial charge in [-0.3, -0.25) is 5.10 Å². The molecular formula is C11H15N5. The quantitative estimate of drug-likeness (QED) is 0.829. The molecule has 5 nitrogen and oxygen atoms in total. The Labute approximate surface area is 94.5 Å². The van der Waals surface area contributed by atoms with Gasteiger partial charge in [-0.1, -0.05) is 0 Å². The monoisotopic (exact) mass is 217 g/mol. The van der Waals surface area contributed by atoms with Crippen LogP contribution in [0.4, 0.5) is 5.95 Å². The minimum absolute atomic E-state index is 0.715. The number of rotatable bonds is 2. The molecule has 0 unspecified atom stereocenters. The summed E-state index contributed by atoms with van der Waals surface area (Å²) in [7, 11) is 3.86. The fourth-order valence-electron chi connectivity index (χ4n) is 1.46. The van der Waals surface area contributed by atoms with Crippen LogP contribution in [0.15, 0.2) is 12.3 Å². The van der Waals surface area contributed by atoms with E-state index in [0.717, 1.165) is 22.6 Å². The lowest BCUT2D eigenvalue weighted by Gasteiger charge is -2.14. The van der Waals surface area contributed by atoms with Crippen LogP contribution in [0, 0.1) is 13.8 Å². The summed E-state index contributed by atoms with van der Waals surface area (Å²) in [6.07, 6.45) is 1.72. The highest BCUT2D eigenvalue weighted by atomic mass is 15.2. The summed E-state index contributed by atoms with van der Waals surface area (Å²) < 4.78 is 0. The van der Waals surface area contributed by atoms with Gasteiger partial charge in [0.1, 0.15) is 0 Å². The second-order valence-electron chi connectivity index (χ2n) is 3.95. The lowest BCUT2D eigenvalue weighted by atomic mass is 10.1. The van der Waals surface area contributed by atoms with Crippen LogP contribution in [0.25, 0.3) is 11.4 Å². The molecule has 0 radical (unpaired) electrons. The molecule has 1 N–H and O–H groups in total. The normalized spacial score (nSPS) is 10.5. The molecule has 0 saturated carbocycles. The van der Waals surface area contributed by atoms with Gasteiger partial charge in [0.25, 0.3) is 0 Å². The molecule has 0 spiro atoms. The summed E-state index contributed by atoms with van der Waals surface area (Å²) in [6.45, 7) is 4.01. The number of H-pyrrole nitrogens is 1. The van der Waals surface area contributed by atoms with Crippen LogP contribution >= 0.6 is 0 Å². The first kappa shape index (κ1) is 10.6. The third kappa shape index (κ3) is 1.76. The minimum Gasteiger partial charge on any atom is -0.347 e. The number of aromatic amines is 1. The topological polar surface area (TPSA) is 57.7 Å². The molecule has 0 aliphatic heterocycles. The molecule has 0 fully saturated rings. The maximum Gasteiger partial charge on any atom is 0.225 e. The Morgan fingerprint density at radius 1 is 1.19 bits per heavy atom. The predicted molar refractivity (Wildman–Crippen MR) is 63.4 cm³/mol. The molecule has 0 aromatic carbocycles.